The van der Waals surface area contributed by atoms with Crippen molar-refractivity contribution in [1.29, 1.82) is 4.78 Å². The molecule has 0 radical (unpaired) electrons. The van der Waals surface area contributed by atoms with Gasteiger partial charge in [-0.3, -0.25) is 8.99 Å². The third kappa shape index (κ3) is 4.07. The summed E-state index contributed by atoms with van der Waals surface area (Å²) in [6.07, 6.45) is 3.78. The molecule has 1 heterocycles. The van der Waals surface area contributed by atoms with E-state index in [0.29, 0.717) is 12.2 Å². The fourth-order valence-electron chi connectivity index (χ4n) is 2.24. The first-order valence-electron chi connectivity index (χ1n) is 7.07. The number of nitrogens with zero attached hydrogens (tertiary/aromatic N) is 3. The molecule has 0 spiro atoms. The van der Waals surface area contributed by atoms with Crippen LogP contribution in [-0.4, -0.2) is 38.3 Å². The third-order valence-corrected chi connectivity index (χ3v) is 4.52. The molecule has 0 saturated heterocycles. The highest BCUT2D eigenvalue weighted by atomic mass is 32.2. The van der Waals surface area contributed by atoms with Crippen molar-refractivity contribution in [2.45, 2.75) is 26.3 Å². The van der Waals surface area contributed by atoms with Gasteiger partial charge in [-0.1, -0.05) is 22.9 Å². The minimum Gasteiger partial charge on any atom is -0.496 e. The van der Waals surface area contributed by atoms with Gasteiger partial charge in [0.15, 0.2) is 0 Å². The Balaban J connectivity index is 2.22. The summed E-state index contributed by atoms with van der Waals surface area (Å²) in [4.78, 5) is 0. The highest BCUT2D eigenvalue weighted by Crippen LogP contribution is 2.28. The molecule has 0 fully saturated rings. The summed E-state index contributed by atoms with van der Waals surface area (Å²) in [6.45, 7) is 4.07. The van der Waals surface area contributed by atoms with Crippen LogP contribution in [0.25, 0.3) is 0 Å². The van der Waals surface area contributed by atoms with E-state index in [9.17, 15) is 4.21 Å². The summed E-state index contributed by atoms with van der Waals surface area (Å²) < 4.78 is 26.1. The standard InChI is InChI=1S/C15H22N4O2S/c1-11-5-6-15(21-3)14(9-11)12(2)19-10-13(17-18-19)7-8-22(4,16)20/h5-6,9-10,12,16H,7-8H2,1-4H3/t12-,22?/m1/s1. The Morgan fingerprint density at radius 1 is 1.45 bits per heavy atom. The highest BCUT2D eigenvalue weighted by Gasteiger charge is 2.15. The zero-order valence-electron chi connectivity index (χ0n) is 13.4. The molecule has 1 aromatic carbocycles. The van der Waals surface area contributed by atoms with Crippen LogP contribution in [0.15, 0.2) is 24.4 Å². The van der Waals surface area contributed by atoms with Crippen molar-refractivity contribution in [3.63, 3.8) is 0 Å². The third-order valence-electron chi connectivity index (χ3n) is 3.54. The normalized spacial score (nSPS) is 15.3. The molecule has 120 valence electrons. The maximum atomic E-state index is 11.4. The number of aryl methyl sites for hydroxylation is 2. The van der Waals surface area contributed by atoms with Gasteiger partial charge < -0.3 is 4.74 Å². The van der Waals surface area contributed by atoms with Crippen molar-refractivity contribution in [2.24, 2.45) is 0 Å². The average Bonchev–Trinajstić information content (AvgIpc) is 2.92. The van der Waals surface area contributed by atoms with Gasteiger partial charge in [-0.2, -0.15) is 0 Å². The molecule has 2 atom stereocenters. The molecular formula is C15H22N4O2S. The predicted octanol–water partition coefficient (Wildman–Crippen LogP) is 2.42. The SMILES string of the molecule is COc1ccc(C)cc1[C@@H](C)n1cc(CCS(C)(=N)=O)nn1. The average molecular weight is 322 g/mol. The van der Waals surface area contributed by atoms with Gasteiger partial charge in [-0.05, 0) is 19.9 Å². The first-order chi connectivity index (χ1) is 10.3. The van der Waals surface area contributed by atoms with E-state index in [1.807, 2.05) is 32.2 Å². The van der Waals surface area contributed by atoms with Gasteiger partial charge >= 0.3 is 0 Å². The first-order valence-corrected chi connectivity index (χ1v) is 9.20. The zero-order chi connectivity index (χ0) is 16.3. The lowest BCUT2D eigenvalue weighted by molar-refractivity contribution is 0.399. The van der Waals surface area contributed by atoms with Crippen LogP contribution in [0.1, 0.15) is 29.8 Å². The fraction of sp³-hybridized carbons (Fsp3) is 0.467. The summed E-state index contributed by atoms with van der Waals surface area (Å²) in [5.74, 6) is 1.12. The van der Waals surface area contributed by atoms with Crippen molar-refractivity contribution in [1.82, 2.24) is 15.0 Å². The summed E-state index contributed by atoms with van der Waals surface area (Å²) in [5, 5.41) is 8.26. The molecule has 0 saturated carbocycles. The van der Waals surface area contributed by atoms with Crippen LogP contribution >= 0.6 is 0 Å². The number of ether oxygens (including phenoxy) is 1. The molecule has 0 bridgehead atoms. The number of rotatable bonds is 6. The Hall–Kier alpha value is -1.89. The second-order valence-electron chi connectivity index (χ2n) is 5.57. The Bertz CT molecular complexity index is 753. The summed E-state index contributed by atoms with van der Waals surface area (Å²) in [5.41, 5.74) is 2.95. The van der Waals surface area contributed by atoms with Gasteiger partial charge in [0.05, 0.1) is 18.8 Å². The topological polar surface area (TPSA) is 80.9 Å². The van der Waals surface area contributed by atoms with Crippen LogP contribution < -0.4 is 4.74 Å². The maximum absolute atomic E-state index is 11.4. The van der Waals surface area contributed by atoms with Crippen LogP contribution in [0.5, 0.6) is 5.75 Å². The van der Waals surface area contributed by atoms with E-state index >= 15 is 0 Å². The van der Waals surface area contributed by atoms with Crippen LogP contribution in [0.2, 0.25) is 0 Å². The van der Waals surface area contributed by atoms with Gasteiger partial charge in [-0.15, -0.1) is 5.10 Å². The zero-order valence-corrected chi connectivity index (χ0v) is 14.2. The highest BCUT2D eigenvalue weighted by molar-refractivity contribution is 7.91. The second-order valence-corrected chi connectivity index (χ2v) is 7.99. The smallest absolute Gasteiger partial charge is 0.124 e. The monoisotopic (exact) mass is 322 g/mol. The van der Waals surface area contributed by atoms with Gasteiger partial charge in [0, 0.05) is 39.9 Å². The van der Waals surface area contributed by atoms with Crippen molar-refractivity contribution < 1.29 is 8.95 Å². The molecule has 6 nitrogen and oxygen atoms in total. The van der Waals surface area contributed by atoms with E-state index in [2.05, 4.69) is 16.4 Å². The Morgan fingerprint density at radius 2 is 2.18 bits per heavy atom. The lowest BCUT2D eigenvalue weighted by Crippen LogP contribution is -2.09. The van der Waals surface area contributed by atoms with Crippen LogP contribution in [-0.2, 0) is 16.1 Å². The number of nitrogens with one attached hydrogen (secondary N) is 1. The number of hydrogen-bond acceptors (Lipinski definition) is 5. The Kier molecular flexibility index (Phi) is 4.85. The van der Waals surface area contributed by atoms with Gasteiger partial charge in [0.2, 0.25) is 0 Å². The van der Waals surface area contributed by atoms with E-state index in [1.165, 1.54) is 6.26 Å². The molecule has 2 aromatic rings. The molecule has 2 rings (SSSR count). The lowest BCUT2D eigenvalue weighted by Gasteiger charge is -2.16. The largest absolute Gasteiger partial charge is 0.496 e. The van der Waals surface area contributed by atoms with Gasteiger partial charge in [0.25, 0.3) is 0 Å². The molecule has 0 aliphatic carbocycles. The molecule has 0 aliphatic heterocycles. The predicted molar refractivity (Wildman–Crippen MR) is 86.9 cm³/mol. The van der Waals surface area contributed by atoms with Crippen LogP contribution in [0.3, 0.4) is 0 Å². The molecule has 22 heavy (non-hydrogen) atoms. The number of hydrogen-bond donors (Lipinski definition) is 1. The van der Waals surface area contributed by atoms with Gasteiger partial charge in [0.1, 0.15) is 5.75 Å². The molecule has 0 amide bonds. The van der Waals surface area contributed by atoms with E-state index in [1.54, 1.807) is 11.8 Å². The Morgan fingerprint density at radius 3 is 2.82 bits per heavy atom. The molecule has 1 aromatic heterocycles. The summed E-state index contributed by atoms with van der Waals surface area (Å²) >= 11 is 0. The second kappa shape index (κ2) is 6.48. The van der Waals surface area contributed by atoms with Crippen LogP contribution in [0.4, 0.5) is 0 Å². The van der Waals surface area contributed by atoms with E-state index < -0.39 is 9.73 Å². The van der Waals surface area contributed by atoms with Gasteiger partial charge in [-0.25, -0.2) is 4.68 Å². The van der Waals surface area contributed by atoms with Crippen molar-refractivity contribution in [3.05, 3.63) is 41.2 Å². The van der Waals surface area contributed by atoms with E-state index in [-0.39, 0.29) is 6.04 Å². The first kappa shape index (κ1) is 16.5. The minimum atomic E-state index is -2.50. The molecule has 0 aliphatic rings. The summed E-state index contributed by atoms with van der Waals surface area (Å²) in [7, 11) is -0.846. The minimum absolute atomic E-state index is 0.0157. The molecule has 1 unspecified atom stereocenters. The van der Waals surface area contributed by atoms with E-state index in [0.717, 1.165) is 22.6 Å². The van der Waals surface area contributed by atoms with E-state index in [4.69, 9.17) is 9.52 Å². The molecule has 1 N–H and O–H groups in total. The number of benzene rings is 1. The van der Waals surface area contributed by atoms with Crippen molar-refractivity contribution in [3.8, 4) is 5.75 Å². The molecular weight excluding hydrogens is 300 g/mol. The molecule has 7 heteroatoms. The fourth-order valence-corrected chi connectivity index (χ4v) is 2.84. The quantitative estimate of drug-likeness (QED) is 0.885. The van der Waals surface area contributed by atoms with Crippen molar-refractivity contribution >= 4 is 9.73 Å². The summed E-state index contributed by atoms with van der Waals surface area (Å²) in [6, 6.07) is 6.02. The Labute approximate surface area is 131 Å². The number of aromatic nitrogens is 3. The van der Waals surface area contributed by atoms with Crippen LogP contribution in [0, 0.1) is 11.7 Å². The maximum Gasteiger partial charge on any atom is 0.124 e. The number of methoxy groups -OCH3 is 1. The van der Waals surface area contributed by atoms with Crippen molar-refractivity contribution in [2.75, 3.05) is 19.1 Å². The lowest BCUT2D eigenvalue weighted by atomic mass is 10.0.